The molecule has 168 valence electrons. The zero-order valence-electron chi connectivity index (χ0n) is 17.5. The highest BCUT2D eigenvalue weighted by atomic mass is 32.2. The van der Waals surface area contributed by atoms with Crippen molar-refractivity contribution in [2.45, 2.75) is 35.9 Å². The maximum Gasteiger partial charge on any atom is 0.274 e. The lowest BCUT2D eigenvalue weighted by Gasteiger charge is -2.26. The van der Waals surface area contributed by atoms with Crippen LogP contribution < -0.4 is 5.48 Å². The minimum absolute atomic E-state index is 0.301. The minimum Gasteiger partial charge on any atom is -0.305 e. The molecular weight excluding hydrogens is 436 g/mol. The number of amides is 1. The highest BCUT2D eigenvalue weighted by Crippen LogP contribution is 2.33. The van der Waals surface area contributed by atoms with E-state index in [4.69, 9.17) is 5.21 Å². The molecule has 2 heterocycles. The van der Waals surface area contributed by atoms with Crippen LogP contribution in [0.25, 0.3) is 11.4 Å². The average molecular weight is 460 g/mol. The van der Waals surface area contributed by atoms with Gasteiger partial charge in [0.2, 0.25) is 0 Å². The van der Waals surface area contributed by atoms with Gasteiger partial charge in [-0.25, -0.2) is 14.3 Å². The standard InChI is InChI=1S/C22H23F2N5O2S/c1-28-20(15-7-5-14(6-8-15)13-29-9-3-2-4-10-29)25-26-22(28)32-19-17(23)11-16(12-18(19)24)21(30)27-31/h5-8,11-12,31H,2-4,9-10,13H2,1H3,(H,27,30). The van der Waals surface area contributed by atoms with Crippen molar-refractivity contribution in [2.75, 3.05) is 13.1 Å². The van der Waals surface area contributed by atoms with Gasteiger partial charge in [0.15, 0.2) is 11.0 Å². The van der Waals surface area contributed by atoms with Gasteiger partial charge >= 0.3 is 0 Å². The number of rotatable bonds is 6. The molecule has 1 aliphatic heterocycles. The van der Waals surface area contributed by atoms with Crippen molar-refractivity contribution < 1.29 is 18.8 Å². The van der Waals surface area contributed by atoms with E-state index in [0.717, 1.165) is 49.1 Å². The number of halogens is 2. The summed E-state index contributed by atoms with van der Waals surface area (Å²) in [5.74, 6) is -2.28. The van der Waals surface area contributed by atoms with E-state index >= 15 is 0 Å². The molecule has 1 aromatic heterocycles. The van der Waals surface area contributed by atoms with Gasteiger partial charge in [-0.1, -0.05) is 30.7 Å². The molecule has 0 bridgehead atoms. The smallest absolute Gasteiger partial charge is 0.274 e. The number of likely N-dealkylation sites (tertiary alicyclic amines) is 1. The van der Waals surface area contributed by atoms with Crippen molar-refractivity contribution in [1.82, 2.24) is 25.1 Å². The zero-order chi connectivity index (χ0) is 22.7. The summed E-state index contributed by atoms with van der Waals surface area (Å²) in [5.41, 5.74) is 3.11. The molecule has 0 atom stereocenters. The van der Waals surface area contributed by atoms with E-state index in [9.17, 15) is 13.6 Å². The molecule has 1 saturated heterocycles. The van der Waals surface area contributed by atoms with Crippen molar-refractivity contribution in [3.05, 3.63) is 59.2 Å². The average Bonchev–Trinajstić information content (AvgIpc) is 3.16. The van der Waals surface area contributed by atoms with E-state index in [1.54, 1.807) is 11.6 Å². The molecule has 0 unspecified atom stereocenters. The van der Waals surface area contributed by atoms with Crippen molar-refractivity contribution in [1.29, 1.82) is 0 Å². The van der Waals surface area contributed by atoms with Crippen LogP contribution in [0.15, 0.2) is 46.5 Å². The Balaban J connectivity index is 1.51. The fourth-order valence-corrected chi connectivity index (χ4v) is 4.53. The summed E-state index contributed by atoms with van der Waals surface area (Å²) >= 11 is 0.776. The predicted molar refractivity (Wildman–Crippen MR) is 115 cm³/mol. The summed E-state index contributed by atoms with van der Waals surface area (Å²) in [4.78, 5) is 13.6. The summed E-state index contributed by atoms with van der Waals surface area (Å²) < 4.78 is 30.5. The number of hydrogen-bond acceptors (Lipinski definition) is 6. The van der Waals surface area contributed by atoms with Gasteiger partial charge in [-0.05, 0) is 55.4 Å². The molecule has 7 nitrogen and oxygen atoms in total. The van der Waals surface area contributed by atoms with Crippen molar-refractivity contribution in [3.63, 3.8) is 0 Å². The molecule has 0 radical (unpaired) electrons. The molecule has 0 spiro atoms. The highest BCUT2D eigenvalue weighted by molar-refractivity contribution is 7.99. The summed E-state index contributed by atoms with van der Waals surface area (Å²) in [6.07, 6.45) is 3.80. The second-order valence-electron chi connectivity index (χ2n) is 7.71. The Morgan fingerprint density at radius 3 is 2.38 bits per heavy atom. The van der Waals surface area contributed by atoms with Crippen molar-refractivity contribution >= 4 is 17.7 Å². The Kier molecular flexibility index (Phi) is 6.83. The van der Waals surface area contributed by atoms with Gasteiger partial charge in [-0.3, -0.25) is 14.9 Å². The van der Waals surface area contributed by atoms with E-state index < -0.39 is 17.5 Å². The van der Waals surface area contributed by atoms with Crippen LogP contribution in [0.1, 0.15) is 35.2 Å². The maximum atomic E-state index is 14.4. The number of benzene rings is 2. The van der Waals surface area contributed by atoms with E-state index in [0.29, 0.717) is 11.0 Å². The molecule has 0 saturated carbocycles. The number of hydrogen-bond donors (Lipinski definition) is 2. The molecule has 32 heavy (non-hydrogen) atoms. The Morgan fingerprint density at radius 2 is 1.75 bits per heavy atom. The number of piperidine rings is 1. The molecule has 10 heteroatoms. The lowest BCUT2D eigenvalue weighted by molar-refractivity contribution is 0.0705. The molecule has 3 aromatic rings. The number of carbonyl (C=O) groups is 1. The second-order valence-corrected chi connectivity index (χ2v) is 8.69. The molecule has 1 amide bonds. The van der Waals surface area contributed by atoms with E-state index in [-0.39, 0.29) is 10.5 Å². The van der Waals surface area contributed by atoms with Crippen LogP contribution in [0.5, 0.6) is 0 Å². The van der Waals surface area contributed by atoms with Gasteiger partial charge in [0, 0.05) is 24.7 Å². The first-order valence-electron chi connectivity index (χ1n) is 10.3. The van der Waals surface area contributed by atoms with Crippen molar-refractivity contribution in [2.24, 2.45) is 7.05 Å². The molecule has 1 aliphatic rings. The van der Waals surface area contributed by atoms with Crippen LogP contribution in [-0.4, -0.2) is 43.9 Å². The normalized spacial score (nSPS) is 14.5. The number of hydroxylamine groups is 1. The Bertz CT molecular complexity index is 1090. The van der Waals surface area contributed by atoms with Gasteiger partial charge in [0.1, 0.15) is 11.6 Å². The van der Waals surface area contributed by atoms with Gasteiger partial charge in [0.25, 0.3) is 5.91 Å². The first-order valence-corrected chi connectivity index (χ1v) is 11.1. The summed E-state index contributed by atoms with van der Waals surface area (Å²) in [6, 6.07) is 9.79. The topological polar surface area (TPSA) is 83.3 Å². The lowest BCUT2D eigenvalue weighted by Crippen LogP contribution is -2.29. The van der Waals surface area contributed by atoms with Crippen LogP contribution in [0.2, 0.25) is 0 Å². The number of aromatic nitrogens is 3. The van der Waals surface area contributed by atoms with Gasteiger partial charge in [-0.2, -0.15) is 0 Å². The Labute approximate surface area is 188 Å². The monoisotopic (exact) mass is 459 g/mol. The van der Waals surface area contributed by atoms with Gasteiger partial charge in [-0.15, -0.1) is 10.2 Å². The first-order chi connectivity index (χ1) is 15.5. The van der Waals surface area contributed by atoms with Crippen LogP contribution in [-0.2, 0) is 13.6 Å². The third-order valence-corrected chi connectivity index (χ3v) is 6.59. The van der Waals surface area contributed by atoms with E-state index in [2.05, 4.69) is 27.2 Å². The molecule has 1 fully saturated rings. The SMILES string of the molecule is Cn1c(Sc2c(F)cc(C(=O)NO)cc2F)nnc1-c1ccc(CN2CCCCC2)cc1. The second kappa shape index (κ2) is 9.76. The summed E-state index contributed by atoms with van der Waals surface area (Å²) in [5, 5.41) is 17.2. The third-order valence-electron chi connectivity index (χ3n) is 5.46. The van der Waals surface area contributed by atoms with Crippen LogP contribution in [0, 0.1) is 11.6 Å². The third kappa shape index (κ3) is 4.82. The number of nitrogens with zero attached hydrogens (tertiary/aromatic N) is 4. The predicted octanol–water partition coefficient (Wildman–Crippen LogP) is 4.02. The number of carbonyl (C=O) groups excluding carboxylic acids is 1. The fraction of sp³-hybridized carbons (Fsp3) is 0.318. The number of nitrogens with one attached hydrogen (secondary N) is 1. The first kappa shape index (κ1) is 22.4. The lowest BCUT2D eigenvalue weighted by atomic mass is 10.1. The summed E-state index contributed by atoms with van der Waals surface area (Å²) in [6.45, 7) is 3.18. The zero-order valence-corrected chi connectivity index (χ0v) is 18.3. The summed E-state index contributed by atoms with van der Waals surface area (Å²) in [7, 11) is 1.72. The molecule has 2 N–H and O–H groups in total. The van der Waals surface area contributed by atoms with Crippen molar-refractivity contribution in [3.8, 4) is 11.4 Å². The minimum atomic E-state index is -0.996. The van der Waals surface area contributed by atoms with E-state index in [1.165, 1.54) is 30.3 Å². The van der Waals surface area contributed by atoms with Crippen LogP contribution in [0.4, 0.5) is 8.78 Å². The molecule has 2 aromatic carbocycles. The van der Waals surface area contributed by atoms with Crippen LogP contribution in [0.3, 0.4) is 0 Å². The highest BCUT2D eigenvalue weighted by Gasteiger charge is 2.20. The van der Waals surface area contributed by atoms with Gasteiger partial charge < -0.3 is 4.57 Å². The Hall–Kier alpha value is -2.82. The maximum absolute atomic E-state index is 14.4. The molecule has 4 rings (SSSR count). The quantitative estimate of drug-likeness (QED) is 0.428. The largest absolute Gasteiger partial charge is 0.305 e. The van der Waals surface area contributed by atoms with E-state index in [1.807, 2.05) is 12.1 Å². The Morgan fingerprint density at radius 1 is 1.09 bits per heavy atom. The fourth-order valence-electron chi connectivity index (χ4n) is 3.73. The molecule has 0 aliphatic carbocycles. The van der Waals surface area contributed by atoms with Gasteiger partial charge in [0.05, 0.1) is 4.90 Å². The molecular formula is C22H23F2N5O2S. The van der Waals surface area contributed by atoms with Crippen LogP contribution >= 0.6 is 11.8 Å².